The SMILES string of the molecule is O=Cc1ccc2nc(Cn3cc(-c4cncc(N5CCC(F)(F)C5)c4)nn3)cn2c1. The quantitative estimate of drug-likeness (QED) is 0.472. The summed E-state index contributed by atoms with van der Waals surface area (Å²) < 4.78 is 30.5. The number of aromatic nitrogens is 6. The van der Waals surface area contributed by atoms with Crippen molar-refractivity contribution in [2.45, 2.75) is 18.9 Å². The van der Waals surface area contributed by atoms with Crippen LogP contribution in [-0.2, 0) is 6.54 Å². The molecule has 1 saturated heterocycles. The van der Waals surface area contributed by atoms with E-state index < -0.39 is 5.92 Å². The lowest BCUT2D eigenvalue weighted by atomic mass is 10.2. The summed E-state index contributed by atoms with van der Waals surface area (Å²) in [5.41, 5.74) is 4.01. The van der Waals surface area contributed by atoms with Crippen LogP contribution >= 0.6 is 0 Å². The van der Waals surface area contributed by atoms with Gasteiger partial charge < -0.3 is 9.30 Å². The van der Waals surface area contributed by atoms with Gasteiger partial charge in [0.2, 0.25) is 0 Å². The summed E-state index contributed by atoms with van der Waals surface area (Å²) >= 11 is 0. The Morgan fingerprint density at radius 1 is 1.17 bits per heavy atom. The van der Waals surface area contributed by atoms with Crippen LogP contribution in [0.15, 0.2) is 49.2 Å². The second kappa shape index (κ2) is 6.97. The first-order chi connectivity index (χ1) is 14.5. The van der Waals surface area contributed by atoms with E-state index in [9.17, 15) is 13.6 Å². The molecule has 1 aliphatic heterocycles. The Morgan fingerprint density at radius 3 is 2.87 bits per heavy atom. The molecule has 0 aromatic carbocycles. The molecule has 0 bridgehead atoms. The van der Waals surface area contributed by atoms with Crippen molar-refractivity contribution >= 4 is 17.6 Å². The zero-order chi connectivity index (χ0) is 20.7. The van der Waals surface area contributed by atoms with Crippen LogP contribution < -0.4 is 4.90 Å². The molecule has 30 heavy (non-hydrogen) atoms. The molecule has 5 rings (SSSR count). The molecule has 4 aromatic heterocycles. The summed E-state index contributed by atoms with van der Waals surface area (Å²) in [4.78, 5) is 21.3. The average Bonchev–Trinajstić information content (AvgIpc) is 3.45. The normalized spacial score (nSPS) is 15.7. The summed E-state index contributed by atoms with van der Waals surface area (Å²) in [6.45, 7) is 0.394. The van der Waals surface area contributed by atoms with Gasteiger partial charge in [-0.05, 0) is 18.2 Å². The molecule has 4 aromatic rings. The Labute approximate surface area is 169 Å². The van der Waals surface area contributed by atoms with Crippen LogP contribution in [-0.4, -0.2) is 54.7 Å². The van der Waals surface area contributed by atoms with Gasteiger partial charge in [0.1, 0.15) is 11.3 Å². The van der Waals surface area contributed by atoms with Crippen molar-refractivity contribution < 1.29 is 13.6 Å². The van der Waals surface area contributed by atoms with E-state index in [0.29, 0.717) is 35.6 Å². The molecule has 1 fully saturated rings. The van der Waals surface area contributed by atoms with E-state index in [2.05, 4.69) is 20.3 Å². The third kappa shape index (κ3) is 3.51. The molecular weight excluding hydrogens is 392 g/mol. The lowest BCUT2D eigenvalue weighted by Crippen LogP contribution is -2.24. The van der Waals surface area contributed by atoms with E-state index in [0.717, 1.165) is 17.6 Å². The highest BCUT2D eigenvalue weighted by Crippen LogP contribution is 2.31. The second-order valence-corrected chi connectivity index (χ2v) is 7.34. The third-order valence-electron chi connectivity index (χ3n) is 5.08. The van der Waals surface area contributed by atoms with Gasteiger partial charge in [-0.1, -0.05) is 5.21 Å². The maximum atomic E-state index is 13.5. The summed E-state index contributed by atoms with van der Waals surface area (Å²) in [6.07, 6.45) is 9.16. The molecule has 0 unspecified atom stereocenters. The fourth-order valence-electron chi connectivity index (χ4n) is 3.58. The first-order valence-electron chi connectivity index (χ1n) is 9.40. The van der Waals surface area contributed by atoms with Gasteiger partial charge in [0.25, 0.3) is 5.92 Å². The standard InChI is InChI=1S/C20H17F2N7O/c21-20(22)3-4-27(13-20)17-5-15(6-23-7-17)18-11-29(26-25-18)10-16-9-28-8-14(12-30)1-2-19(28)24-16/h1-2,5-9,11-12H,3-4,10,13H2. The van der Waals surface area contributed by atoms with Crippen LogP contribution in [0.4, 0.5) is 14.5 Å². The number of hydrogen-bond donors (Lipinski definition) is 0. The molecule has 0 radical (unpaired) electrons. The molecule has 0 aliphatic carbocycles. The third-order valence-corrected chi connectivity index (χ3v) is 5.08. The van der Waals surface area contributed by atoms with E-state index in [1.807, 2.05) is 6.20 Å². The molecule has 1 aliphatic rings. The number of anilines is 1. The van der Waals surface area contributed by atoms with Crippen molar-refractivity contribution in [1.82, 2.24) is 29.4 Å². The number of hydrogen-bond acceptors (Lipinski definition) is 6. The Morgan fingerprint density at radius 2 is 2.07 bits per heavy atom. The zero-order valence-electron chi connectivity index (χ0n) is 15.8. The lowest BCUT2D eigenvalue weighted by molar-refractivity contribution is 0.0257. The topological polar surface area (TPSA) is 81.2 Å². The smallest absolute Gasteiger partial charge is 0.266 e. The van der Waals surface area contributed by atoms with Gasteiger partial charge in [-0.3, -0.25) is 9.78 Å². The summed E-state index contributed by atoms with van der Waals surface area (Å²) in [6, 6.07) is 5.29. The Bertz CT molecular complexity index is 1230. The Kier molecular flexibility index (Phi) is 4.27. The van der Waals surface area contributed by atoms with E-state index >= 15 is 0 Å². The Balaban J connectivity index is 1.36. The minimum Gasteiger partial charge on any atom is -0.364 e. The zero-order valence-corrected chi connectivity index (χ0v) is 15.8. The van der Waals surface area contributed by atoms with E-state index in [-0.39, 0.29) is 13.0 Å². The molecule has 0 N–H and O–H groups in total. The van der Waals surface area contributed by atoms with Crippen molar-refractivity contribution in [3.8, 4) is 11.3 Å². The molecular formula is C20H17F2N7O. The largest absolute Gasteiger partial charge is 0.364 e. The van der Waals surface area contributed by atoms with Crippen LogP contribution in [0, 0.1) is 0 Å². The molecule has 0 atom stereocenters. The predicted octanol–water partition coefficient (Wildman–Crippen LogP) is 2.69. The summed E-state index contributed by atoms with van der Waals surface area (Å²) in [5, 5.41) is 8.33. The number of rotatable bonds is 5. The summed E-state index contributed by atoms with van der Waals surface area (Å²) in [5.74, 6) is -2.67. The second-order valence-electron chi connectivity index (χ2n) is 7.34. The minimum absolute atomic E-state index is 0.152. The van der Waals surface area contributed by atoms with Crippen molar-refractivity contribution in [3.63, 3.8) is 0 Å². The Hall–Kier alpha value is -3.69. The maximum absolute atomic E-state index is 13.5. The van der Waals surface area contributed by atoms with Gasteiger partial charge in [-0.15, -0.1) is 5.10 Å². The van der Waals surface area contributed by atoms with Gasteiger partial charge in [0.15, 0.2) is 6.29 Å². The number of nitrogens with zero attached hydrogens (tertiary/aromatic N) is 7. The number of fused-ring (bicyclic) bond motifs is 1. The first-order valence-corrected chi connectivity index (χ1v) is 9.40. The number of aldehydes is 1. The fraction of sp³-hybridized carbons (Fsp3) is 0.250. The monoisotopic (exact) mass is 409 g/mol. The molecule has 5 heterocycles. The molecule has 0 amide bonds. The number of pyridine rings is 2. The maximum Gasteiger partial charge on any atom is 0.266 e. The van der Waals surface area contributed by atoms with Gasteiger partial charge in [-0.2, -0.15) is 0 Å². The first kappa shape index (κ1) is 18.3. The minimum atomic E-state index is -2.67. The molecule has 0 saturated carbocycles. The highest BCUT2D eigenvalue weighted by atomic mass is 19.3. The fourth-order valence-corrected chi connectivity index (χ4v) is 3.58. The average molecular weight is 409 g/mol. The highest BCUT2D eigenvalue weighted by molar-refractivity contribution is 5.74. The van der Waals surface area contributed by atoms with Gasteiger partial charge in [0, 0.05) is 42.7 Å². The van der Waals surface area contributed by atoms with Gasteiger partial charge >= 0.3 is 0 Å². The number of carbonyl (C=O) groups is 1. The van der Waals surface area contributed by atoms with Crippen molar-refractivity contribution in [2.24, 2.45) is 0 Å². The van der Waals surface area contributed by atoms with Crippen molar-refractivity contribution in [3.05, 3.63) is 60.4 Å². The van der Waals surface area contributed by atoms with E-state index in [1.54, 1.807) is 57.0 Å². The molecule has 0 spiro atoms. The van der Waals surface area contributed by atoms with Gasteiger partial charge in [-0.25, -0.2) is 18.4 Å². The van der Waals surface area contributed by atoms with E-state index in [1.165, 1.54) is 0 Å². The number of imidazole rings is 1. The molecule has 152 valence electrons. The van der Waals surface area contributed by atoms with E-state index in [4.69, 9.17) is 0 Å². The number of carbonyl (C=O) groups excluding carboxylic acids is 1. The summed E-state index contributed by atoms with van der Waals surface area (Å²) in [7, 11) is 0. The van der Waals surface area contributed by atoms with Gasteiger partial charge in [0.05, 0.1) is 36.9 Å². The van der Waals surface area contributed by atoms with Crippen LogP contribution in [0.5, 0.6) is 0 Å². The van der Waals surface area contributed by atoms with Crippen LogP contribution in [0.2, 0.25) is 0 Å². The van der Waals surface area contributed by atoms with Crippen molar-refractivity contribution in [1.29, 1.82) is 0 Å². The lowest BCUT2D eigenvalue weighted by Gasteiger charge is -2.18. The number of halogens is 2. The molecule has 8 nitrogen and oxygen atoms in total. The number of alkyl halides is 2. The van der Waals surface area contributed by atoms with Crippen LogP contribution in [0.3, 0.4) is 0 Å². The van der Waals surface area contributed by atoms with Crippen LogP contribution in [0.25, 0.3) is 16.9 Å². The highest BCUT2D eigenvalue weighted by Gasteiger charge is 2.38. The predicted molar refractivity (Wildman–Crippen MR) is 105 cm³/mol. The van der Waals surface area contributed by atoms with Crippen LogP contribution in [0.1, 0.15) is 22.5 Å². The van der Waals surface area contributed by atoms with Crippen molar-refractivity contribution in [2.75, 3.05) is 18.0 Å². The molecule has 10 heteroatoms.